The number of nitrogens with zero attached hydrogens (tertiary/aromatic N) is 1. The van der Waals surface area contributed by atoms with Gasteiger partial charge in [0.25, 0.3) is 5.69 Å². The molecule has 0 radical (unpaired) electrons. The Hall–Kier alpha value is -1.86. The average Bonchev–Trinajstić information content (AvgIpc) is 2.38. The molecule has 1 aromatic carbocycles. The van der Waals surface area contributed by atoms with Crippen molar-refractivity contribution >= 4 is 5.69 Å². The highest BCUT2D eigenvalue weighted by molar-refractivity contribution is 5.55. The lowest BCUT2D eigenvalue weighted by atomic mass is 10.1. The molecule has 106 valence electrons. The fraction of sp³-hybridized carbons (Fsp3) is 0.500. The number of nitro groups is 1. The van der Waals surface area contributed by atoms with Gasteiger partial charge in [0.1, 0.15) is 0 Å². The molecule has 7 heteroatoms. The van der Waals surface area contributed by atoms with Crippen molar-refractivity contribution in [3.8, 4) is 11.5 Å². The van der Waals surface area contributed by atoms with Crippen LogP contribution in [0.3, 0.4) is 0 Å². The van der Waals surface area contributed by atoms with E-state index in [0.717, 1.165) is 0 Å². The normalized spacial score (nSPS) is 12.0. The molecule has 19 heavy (non-hydrogen) atoms. The third-order valence-corrected chi connectivity index (χ3v) is 2.52. The summed E-state index contributed by atoms with van der Waals surface area (Å²) in [4.78, 5) is 10.4. The van der Waals surface area contributed by atoms with Crippen molar-refractivity contribution in [3.63, 3.8) is 0 Å². The molecule has 0 aliphatic rings. The summed E-state index contributed by atoms with van der Waals surface area (Å²) in [6.45, 7) is 1.63. The van der Waals surface area contributed by atoms with E-state index in [9.17, 15) is 15.2 Å². The van der Waals surface area contributed by atoms with Gasteiger partial charge in [-0.1, -0.05) is 0 Å². The Balaban J connectivity index is 3.16. The van der Waals surface area contributed by atoms with E-state index in [0.29, 0.717) is 12.2 Å². The summed E-state index contributed by atoms with van der Waals surface area (Å²) < 4.78 is 10.4. The summed E-state index contributed by atoms with van der Waals surface area (Å²) in [5.41, 5.74) is -0.0637. The van der Waals surface area contributed by atoms with Crippen LogP contribution >= 0.6 is 0 Å². The maximum Gasteiger partial charge on any atom is 0.279 e. The van der Waals surface area contributed by atoms with E-state index in [2.05, 4.69) is 0 Å². The van der Waals surface area contributed by atoms with Crippen molar-refractivity contribution in [2.45, 2.75) is 19.4 Å². The number of benzene rings is 1. The topological polar surface area (TPSA) is 102 Å². The Morgan fingerprint density at radius 2 is 2.11 bits per heavy atom. The van der Waals surface area contributed by atoms with E-state index in [1.165, 1.54) is 26.2 Å². The second-order valence-electron chi connectivity index (χ2n) is 3.92. The molecule has 0 saturated heterocycles. The largest absolute Gasteiger partial charge is 0.493 e. The molecule has 0 saturated carbocycles. The van der Waals surface area contributed by atoms with Crippen molar-refractivity contribution in [2.75, 3.05) is 20.3 Å². The molecule has 0 aliphatic heterocycles. The SMILES string of the molecule is COc1cc(C(C)O)c([N+](=O)[O-])cc1OCCCO. The third-order valence-electron chi connectivity index (χ3n) is 2.52. The van der Waals surface area contributed by atoms with E-state index in [4.69, 9.17) is 14.6 Å². The predicted molar refractivity (Wildman–Crippen MR) is 67.5 cm³/mol. The number of aliphatic hydroxyl groups is 2. The molecule has 0 fully saturated rings. The molecule has 1 aromatic rings. The van der Waals surface area contributed by atoms with Gasteiger partial charge >= 0.3 is 0 Å². The predicted octanol–water partition coefficient (Wildman–Crippen LogP) is 1.42. The first-order chi connectivity index (χ1) is 9.01. The van der Waals surface area contributed by atoms with Crippen LogP contribution in [0.2, 0.25) is 0 Å². The summed E-state index contributed by atoms with van der Waals surface area (Å²) in [5.74, 6) is 0.520. The molecule has 0 amide bonds. The van der Waals surface area contributed by atoms with Crippen molar-refractivity contribution in [3.05, 3.63) is 27.8 Å². The van der Waals surface area contributed by atoms with Crippen molar-refractivity contribution in [2.24, 2.45) is 0 Å². The fourth-order valence-corrected chi connectivity index (χ4v) is 1.58. The zero-order chi connectivity index (χ0) is 14.4. The maximum atomic E-state index is 11.0. The van der Waals surface area contributed by atoms with Crippen LogP contribution in [0, 0.1) is 10.1 Å². The second-order valence-corrected chi connectivity index (χ2v) is 3.92. The molecule has 0 heterocycles. The van der Waals surface area contributed by atoms with Gasteiger partial charge in [0.05, 0.1) is 36.4 Å². The fourth-order valence-electron chi connectivity index (χ4n) is 1.58. The van der Waals surface area contributed by atoms with Crippen LogP contribution < -0.4 is 9.47 Å². The number of methoxy groups -OCH3 is 1. The van der Waals surface area contributed by atoms with Gasteiger partial charge in [-0.15, -0.1) is 0 Å². The molecule has 0 spiro atoms. The van der Waals surface area contributed by atoms with Crippen LogP contribution in [0.25, 0.3) is 0 Å². The summed E-state index contributed by atoms with van der Waals surface area (Å²) in [6, 6.07) is 2.61. The first-order valence-corrected chi connectivity index (χ1v) is 5.79. The van der Waals surface area contributed by atoms with Gasteiger partial charge < -0.3 is 19.7 Å². The van der Waals surface area contributed by atoms with E-state index in [1.807, 2.05) is 0 Å². The minimum Gasteiger partial charge on any atom is -0.493 e. The van der Waals surface area contributed by atoms with Crippen LogP contribution in [-0.4, -0.2) is 35.5 Å². The van der Waals surface area contributed by atoms with Gasteiger partial charge in [-0.2, -0.15) is 0 Å². The van der Waals surface area contributed by atoms with Gasteiger partial charge in [0, 0.05) is 13.0 Å². The zero-order valence-electron chi connectivity index (χ0n) is 10.8. The number of hydrogen-bond donors (Lipinski definition) is 2. The van der Waals surface area contributed by atoms with E-state index < -0.39 is 11.0 Å². The molecule has 1 atom stereocenters. The van der Waals surface area contributed by atoms with Gasteiger partial charge in [-0.3, -0.25) is 10.1 Å². The van der Waals surface area contributed by atoms with E-state index in [-0.39, 0.29) is 30.2 Å². The molecule has 0 aliphatic carbocycles. The molecule has 2 N–H and O–H groups in total. The molecule has 0 aromatic heterocycles. The van der Waals surface area contributed by atoms with E-state index in [1.54, 1.807) is 0 Å². The average molecular weight is 271 g/mol. The highest BCUT2D eigenvalue weighted by Crippen LogP contribution is 2.37. The lowest BCUT2D eigenvalue weighted by Crippen LogP contribution is -2.05. The number of hydrogen-bond acceptors (Lipinski definition) is 6. The monoisotopic (exact) mass is 271 g/mol. The second kappa shape index (κ2) is 6.91. The third kappa shape index (κ3) is 3.80. The first-order valence-electron chi connectivity index (χ1n) is 5.79. The van der Waals surface area contributed by atoms with E-state index >= 15 is 0 Å². The van der Waals surface area contributed by atoms with Crippen LogP contribution in [0.15, 0.2) is 12.1 Å². The molecule has 7 nitrogen and oxygen atoms in total. The Kier molecular flexibility index (Phi) is 5.53. The highest BCUT2D eigenvalue weighted by atomic mass is 16.6. The summed E-state index contributed by atoms with van der Waals surface area (Å²) >= 11 is 0. The van der Waals surface area contributed by atoms with Crippen molar-refractivity contribution in [1.82, 2.24) is 0 Å². The Labute approximate surface area is 110 Å². The number of rotatable bonds is 7. The number of ether oxygens (including phenoxy) is 2. The first kappa shape index (κ1) is 15.2. The zero-order valence-corrected chi connectivity index (χ0v) is 10.8. The Morgan fingerprint density at radius 1 is 1.42 bits per heavy atom. The minimum absolute atomic E-state index is 0.0316. The summed E-state index contributed by atoms with van der Waals surface area (Å²) in [5, 5.41) is 29.2. The molecule has 0 bridgehead atoms. The Morgan fingerprint density at radius 3 is 2.58 bits per heavy atom. The smallest absolute Gasteiger partial charge is 0.279 e. The van der Waals surface area contributed by atoms with Gasteiger partial charge in [-0.25, -0.2) is 0 Å². The number of aliphatic hydroxyl groups excluding tert-OH is 2. The van der Waals surface area contributed by atoms with Crippen LogP contribution in [0.1, 0.15) is 25.0 Å². The van der Waals surface area contributed by atoms with Crippen LogP contribution in [0.4, 0.5) is 5.69 Å². The lowest BCUT2D eigenvalue weighted by molar-refractivity contribution is -0.386. The van der Waals surface area contributed by atoms with Crippen LogP contribution in [0.5, 0.6) is 11.5 Å². The van der Waals surface area contributed by atoms with Gasteiger partial charge in [-0.05, 0) is 13.0 Å². The summed E-state index contributed by atoms with van der Waals surface area (Å²) in [7, 11) is 1.41. The standard InChI is InChI=1S/C12H17NO6/c1-8(15)9-6-11(18-2)12(19-5-3-4-14)7-10(9)13(16)17/h6-8,14-15H,3-5H2,1-2H3. The van der Waals surface area contributed by atoms with Crippen molar-refractivity contribution in [1.29, 1.82) is 0 Å². The molecular weight excluding hydrogens is 254 g/mol. The molecule has 1 unspecified atom stereocenters. The summed E-state index contributed by atoms with van der Waals surface area (Å²) in [6.07, 6.45) is -0.574. The number of nitro benzene ring substituents is 1. The van der Waals surface area contributed by atoms with Crippen LogP contribution in [-0.2, 0) is 0 Å². The molecular formula is C12H17NO6. The minimum atomic E-state index is -0.985. The quantitative estimate of drug-likeness (QED) is 0.441. The Bertz CT molecular complexity index is 446. The maximum absolute atomic E-state index is 11.0. The van der Waals surface area contributed by atoms with Gasteiger partial charge in [0.15, 0.2) is 11.5 Å². The van der Waals surface area contributed by atoms with Gasteiger partial charge in [0.2, 0.25) is 0 Å². The lowest BCUT2D eigenvalue weighted by Gasteiger charge is -2.13. The molecule has 1 rings (SSSR count). The van der Waals surface area contributed by atoms with Crippen molar-refractivity contribution < 1.29 is 24.6 Å². The highest BCUT2D eigenvalue weighted by Gasteiger charge is 2.22.